The summed E-state index contributed by atoms with van der Waals surface area (Å²) < 4.78 is 1.96. The number of nitrogens with one attached hydrogen (secondary N) is 2. The second-order valence-electron chi connectivity index (χ2n) is 6.91. The van der Waals surface area contributed by atoms with E-state index >= 15 is 0 Å². The van der Waals surface area contributed by atoms with Crippen molar-refractivity contribution in [2.45, 2.75) is 31.2 Å². The van der Waals surface area contributed by atoms with E-state index in [1.54, 1.807) is 36.0 Å². The second kappa shape index (κ2) is 8.06. The molecule has 1 aliphatic carbocycles. The molecule has 0 saturated heterocycles. The highest BCUT2D eigenvalue weighted by Crippen LogP contribution is 2.21. The molecule has 2 amide bonds. The molecule has 1 saturated carbocycles. The van der Waals surface area contributed by atoms with Crippen LogP contribution in [0.15, 0.2) is 48.5 Å². The van der Waals surface area contributed by atoms with Crippen LogP contribution in [0.4, 0.5) is 5.69 Å². The van der Waals surface area contributed by atoms with Gasteiger partial charge in [0.25, 0.3) is 5.91 Å². The molecule has 1 heterocycles. The maximum absolute atomic E-state index is 12.6. The number of hydrogen-bond donors (Lipinski definition) is 2. The maximum Gasteiger partial charge on any atom is 0.251 e. The normalized spacial score (nSPS) is 13.5. The molecule has 0 bridgehead atoms. The lowest BCUT2D eigenvalue weighted by Gasteiger charge is -2.10. The first kappa shape index (κ1) is 18.6. The van der Waals surface area contributed by atoms with Gasteiger partial charge in [-0.2, -0.15) is 11.8 Å². The minimum Gasteiger partial charge on any atom is -0.349 e. The molecule has 0 aliphatic heterocycles. The highest BCUT2D eigenvalue weighted by molar-refractivity contribution is 7.97. The van der Waals surface area contributed by atoms with Gasteiger partial charge in [-0.05, 0) is 55.5 Å². The fraction of sp³-hybridized carbons (Fsp3) is 0.286. The van der Waals surface area contributed by atoms with Gasteiger partial charge in [0.05, 0.1) is 16.8 Å². The highest BCUT2D eigenvalue weighted by atomic mass is 32.2. The Morgan fingerprint density at radius 3 is 2.61 bits per heavy atom. The molecule has 7 heteroatoms. The van der Waals surface area contributed by atoms with E-state index in [9.17, 15) is 9.59 Å². The molecule has 0 radical (unpaired) electrons. The van der Waals surface area contributed by atoms with Crippen LogP contribution in [-0.4, -0.2) is 33.7 Å². The van der Waals surface area contributed by atoms with Gasteiger partial charge >= 0.3 is 0 Å². The van der Waals surface area contributed by atoms with Gasteiger partial charge in [0.15, 0.2) is 0 Å². The number of thioether (sulfide) groups is 1. The average molecular weight is 395 g/mol. The fourth-order valence-corrected chi connectivity index (χ4v) is 3.57. The molecule has 0 atom stereocenters. The lowest BCUT2D eigenvalue weighted by atomic mass is 10.2. The Hall–Kier alpha value is -2.80. The summed E-state index contributed by atoms with van der Waals surface area (Å²) in [6, 6.07) is 15.1. The number of rotatable bonds is 7. The summed E-state index contributed by atoms with van der Waals surface area (Å²) in [5.74, 6) is 1.44. The Bertz CT molecular complexity index is 1010. The van der Waals surface area contributed by atoms with Gasteiger partial charge in [-0.1, -0.05) is 12.1 Å². The van der Waals surface area contributed by atoms with E-state index in [-0.39, 0.29) is 18.4 Å². The fourth-order valence-electron chi connectivity index (χ4n) is 3.09. The van der Waals surface area contributed by atoms with E-state index in [0.717, 1.165) is 35.5 Å². The van der Waals surface area contributed by atoms with Gasteiger partial charge in [-0.25, -0.2) is 4.98 Å². The lowest BCUT2D eigenvalue weighted by molar-refractivity contribution is -0.116. The Kier molecular flexibility index (Phi) is 5.34. The monoisotopic (exact) mass is 394 g/mol. The summed E-state index contributed by atoms with van der Waals surface area (Å²) in [7, 11) is 0. The number of carbonyl (C=O) groups is 2. The number of carbonyl (C=O) groups excluding carboxylic acids is 2. The van der Waals surface area contributed by atoms with Crippen molar-refractivity contribution in [1.29, 1.82) is 0 Å². The molecule has 3 aromatic rings. The zero-order chi connectivity index (χ0) is 19.5. The van der Waals surface area contributed by atoms with Crippen molar-refractivity contribution in [1.82, 2.24) is 14.9 Å². The molecule has 0 unspecified atom stereocenters. The number of benzene rings is 2. The van der Waals surface area contributed by atoms with Crippen LogP contribution in [0.25, 0.3) is 11.0 Å². The van der Waals surface area contributed by atoms with Gasteiger partial charge in [-0.15, -0.1) is 0 Å². The summed E-state index contributed by atoms with van der Waals surface area (Å²) in [6.07, 6.45) is 4.13. The predicted molar refractivity (Wildman–Crippen MR) is 113 cm³/mol. The van der Waals surface area contributed by atoms with E-state index in [1.807, 2.05) is 35.1 Å². The van der Waals surface area contributed by atoms with Crippen LogP contribution in [0.1, 0.15) is 29.0 Å². The zero-order valence-corrected chi connectivity index (χ0v) is 16.5. The van der Waals surface area contributed by atoms with Crippen LogP contribution < -0.4 is 10.6 Å². The first-order valence-corrected chi connectivity index (χ1v) is 10.7. The summed E-state index contributed by atoms with van der Waals surface area (Å²) >= 11 is 1.68. The van der Waals surface area contributed by atoms with Crippen molar-refractivity contribution >= 4 is 40.3 Å². The summed E-state index contributed by atoms with van der Waals surface area (Å²) in [5.41, 5.74) is 3.12. The van der Waals surface area contributed by atoms with Crippen LogP contribution in [0.3, 0.4) is 0 Å². The standard InChI is InChI=1S/C21H22N4O2S/c1-28-13-19-24-17-4-2-3-5-18(17)25(19)12-20(26)22-15-8-6-14(7-9-15)21(27)23-16-10-11-16/h2-9,16H,10-13H2,1H3,(H,22,26)(H,23,27). The number of para-hydroxylation sites is 2. The quantitative estimate of drug-likeness (QED) is 0.644. The van der Waals surface area contributed by atoms with E-state index in [4.69, 9.17) is 0 Å². The molecule has 1 fully saturated rings. The van der Waals surface area contributed by atoms with Gasteiger partial charge in [0.1, 0.15) is 12.4 Å². The van der Waals surface area contributed by atoms with Crippen molar-refractivity contribution in [3.8, 4) is 0 Å². The zero-order valence-electron chi connectivity index (χ0n) is 15.6. The van der Waals surface area contributed by atoms with E-state index in [2.05, 4.69) is 15.6 Å². The number of fused-ring (bicyclic) bond motifs is 1. The van der Waals surface area contributed by atoms with Crippen molar-refractivity contribution in [3.63, 3.8) is 0 Å². The van der Waals surface area contributed by atoms with Gasteiger partial charge in [0.2, 0.25) is 5.91 Å². The molecule has 1 aromatic heterocycles. The smallest absolute Gasteiger partial charge is 0.251 e. The number of amides is 2. The largest absolute Gasteiger partial charge is 0.349 e. The summed E-state index contributed by atoms with van der Waals surface area (Å²) in [4.78, 5) is 29.3. The predicted octanol–water partition coefficient (Wildman–Crippen LogP) is 3.43. The third kappa shape index (κ3) is 4.20. The Balaban J connectivity index is 1.45. The van der Waals surface area contributed by atoms with Gasteiger partial charge in [0, 0.05) is 17.3 Å². The van der Waals surface area contributed by atoms with Crippen molar-refractivity contribution < 1.29 is 9.59 Å². The molecule has 2 N–H and O–H groups in total. The van der Waals surface area contributed by atoms with E-state index in [0.29, 0.717) is 17.3 Å². The molecular formula is C21H22N4O2S. The second-order valence-corrected chi connectivity index (χ2v) is 7.78. The first-order chi connectivity index (χ1) is 13.6. The van der Waals surface area contributed by atoms with Gasteiger partial charge in [-0.3, -0.25) is 9.59 Å². The summed E-state index contributed by atoms with van der Waals surface area (Å²) in [5, 5.41) is 5.86. The SMILES string of the molecule is CSCc1nc2ccccc2n1CC(=O)Nc1ccc(C(=O)NC2CC2)cc1. The number of nitrogens with zero attached hydrogens (tertiary/aromatic N) is 2. The molecule has 144 valence electrons. The molecule has 4 rings (SSSR count). The van der Waals surface area contributed by atoms with Crippen molar-refractivity contribution in [3.05, 3.63) is 59.9 Å². The minimum atomic E-state index is -0.124. The molecule has 2 aromatic carbocycles. The molecule has 6 nitrogen and oxygen atoms in total. The lowest BCUT2D eigenvalue weighted by Crippen LogP contribution is -2.25. The Labute approximate surface area is 167 Å². The minimum absolute atomic E-state index is 0.0630. The topological polar surface area (TPSA) is 76.0 Å². The third-order valence-corrected chi connectivity index (χ3v) is 5.20. The number of aromatic nitrogens is 2. The highest BCUT2D eigenvalue weighted by Gasteiger charge is 2.23. The Morgan fingerprint density at radius 1 is 1.14 bits per heavy atom. The number of hydrogen-bond acceptors (Lipinski definition) is 4. The molecular weight excluding hydrogens is 372 g/mol. The number of anilines is 1. The number of imidazole rings is 1. The molecule has 28 heavy (non-hydrogen) atoms. The van der Waals surface area contributed by atoms with Crippen molar-refractivity contribution in [2.75, 3.05) is 11.6 Å². The van der Waals surface area contributed by atoms with Crippen LogP contribution >= 0.6 is 11.8 Å². The van der Waals surface area contributed by atoms with E-state index < -0.39 is 0 Å². The Morgan fingerprint density at radius 2 is 1.89 bits per heavy atom. The molecule has 0 spiro atoms. The van der Waals surface area contributed by atoms with Crippen LogP contribution in [0.5, 0.6) is 0 Å². The third-order valence-electron chi connectivity index (χ3n) is 4.65. The van der Waals surface area contributed by atoms with Crippen LogP contribution in [0.2, 0.25) is 0 Å². The van der Waals surface area contributed by atoms with Crippen LogP contribution in [0, 0.1) is 0 Å². The maximum atomic E-state index is 12.6. The molecule has 1 aliphatic rings. The average Bonchev–Trinajstić information content (AvgIpc) is 3.44. The van der Waals surface area contributed by atoms with Crippen LogP contribution in [-0.2, 0) is 17.1 Å². The summed E-state index contributed by atoms with van der Waals surface area (Å²) in [6.45, 7) is 0.195. The van der Waals surface area contributed by atoms with Gasteiger partial charge < -0.3 is 15.2 Å². The first-order valence-electron chi connectivity index (χ1n) is 9.28. The van der Waals surface area contributed by atoms with Crippen molar-refractivity contribution in [2.24, 2.45) is 0 Å². The van der Waals surface area contributed by atoms with E-state index in [1.165, 1.54) is 0 Å².